The quantitative estimate of drug-likeness (QED) is 0.303. The van der Waals surface area contributed by atoms with Gasteiger partial charge in [-0.05, 0) is 43.7 Å². The molecule has 1 heterocycles. The molecule has 1 aromatic heterocycles. The maximum atomic E-state index is 13.3. The van der Waals surface area contributed by atoms with Crippen molar-refractivity contribution in [2.45, 2.75) is 30.4 Å². The van der Waals surface area contributed by atoms with Crippen LogP contribution in [0.4, 0.5) is 0 Å². The minimum atomic E-state index is -3.86. The standard InChI is InChI=1S/C21H24BrN5O3S2/c1-15-3-9-19(10-4-15)32(29,30)27(13-17-5-7-18(22)8-6-17)14-20(28)23-11-12-31-21-24-16(2)25-26-21/h3-10H,11-14H2,1-2H3,(H,23,28)(H,24,25,26). The van der Waals surface area contributed by atoms with E-state index in [0.29, 0.717) is 17.5 Å². The van der Waals surface area contributed by atoms with Crippen molar-refractivity contribution in [3.05, 3.63) is 70.0 Å². The number of benzene rings is 2. The van der Waals surface area contributed by atoms with Crippen molar-refractivity contribution in [2.75, 3.05) is 18.8 Å². The molecule has 0 radical (unpaired) electrons. The number of hydrogen-bond donors (Lipinski definition) is 2. The third-order valence-corrected chi connectivity index (χ3v) is 7.67. The Bertz CT molecular complexity index is 1150. The number of hydrogen-bond acceptors (Lipinski definition) is 6. The highest BCUT2D eigenvalue weighted by molar-refractivity contribution is 9.10. The zero-order valence-corrected chi connectivity index (χ0v) is 20.9. The van der Waals surface area contributed by atoms with E-state index >= 15 is 0 Å². The van der Waals surface area contributed by atoms with E-state index in [1.165, 1.54) is 16.1 Å². The number of rotatable bonds is 10. The van der Waals surface area contributed by atoms with Gasteiger partial charge in [0.05, 0.1) is 11.4 Å². The van der Waals surface area contributed by atoms with Crippen LogP contribution < -0.4 is 5.32 Å². The van der Waals surface area contributed by atoms with Crippen LogP contribution in [-0.2, 0) is 21.4 Å². The lowest BCUT2D eigenvalue weighted by atomic mass is 10.2. The Morgan fingerprint density at radius 1 is 1.12 bits per heavy atom. The molecule has 0 unspecified atom stereocenters. The monoisotopic (exact) mass is 537 g/mol. The fraction of sp³-hybridized carbons (Fsp3) is 0.286. The molecule has 3 rings (SSSR count). The van der Waals surface area contributed by atoms with Crippen LogP contribution in [0, 0.1) is 13.8 Å². The van der Waals surface area contributed by atoms with Gasteiger partial charge in [-0.1, -0.05) is 57.5 Å². The van der Waals surface area contributed by atoms with E-state index in [-0.39, 0.29) is 23.9 Å². The lowest BCUT2D eigenvalue weighted by Gasteiger charge is -2.22. The molecule has 3 aromatic rings. The van der Waals surface area contributed by atoms with Gasteiger partial charge in [-0.25, -0.2) is 13.4 Å². The van der Waals surface area contributed by atoms with Crippen LogP contribution in [0.2, 0.25) is 0 Å². The van der Waals surface area contributed by atoms with Crippen LogP contribution in [0.15, 0.2) is 63.1 Å². The number of aromatic amines is 1. The fourth-order valence-electron chi connectivity index (χ4n) is 2.81. The number of H-pyrrole nitrogens is 1. The van der Waals surface area contributed by atoms with Crippen LogP contribution in [-0.4, -0.2) is 52.7 Å². The fourth-order valence-corrected chi connectivity index (χ4v) is 5.16. The summed E-state index contributed by atoms with van der Waals surface area (Å²) in [6.45, 7) is 3.88. The van der Waals surface area contributed by atoms with Gasteiger partial charge in [0.25, 0.3) is 0 Å². The van der Waals surface area contributed by atoms with Crippen molar-refractivity contribution in [1.82, 2.24) is 24.8 Å². The van der Waals surface area contributed by atoms with Gasteiger partial charge < -0.3 is 5.32 Å². The largest absolute Gasteiger partial charge is 0.354 e. The van der Waals surface area contributed by atoms with Crippen LogP contribution in [0.3, 0.4) is 0 Å². The molecular weight excluding hydrogens is 514 g/mol. The van der Waals surface area contributed by atoms with Crippen molar-refractivity contribution >= 4 is 43.6 Å². The van der Waals surface area contributed by atoms with E-state index in [4.69, 9.17) is 0 Å². The molecule has 0 bridgehead atoms. The van der Waals surface area contributed by atoms with E-state index in [0.717, 1.165) is 21.4 Å². The van der Waals surface area contributed by atoms with E-state index in [2.05, 4.69) is 36.4 Å². The predicted octanol–water partition coefficient (Wildman–Crippen LogP) is 3.28. The van der Waals surface area contributed by atoms with Gasteiger partial charge in [0.15, 0.2) is 0 Å². The van der Waals surface area contributed by atoms with Gasteiger partial charge in [-0.3, -0.25) is 9.89 Å². The molecule has 8 nitrogen and oxygen atoms in total. The summed E-state index contributed by atoms with van der Waals surface area (Å²) in [7, 11) is -3.86. The Morgan fingerprint density at radius 2 is 1.81 bits per heavy atom. The van der Waals surface area contributed by atoms with E-state index < -0.39 is 10.0 Å². The van der Waals surface area contributed by atoms with Crippen LogP contribution in [0.25, 0.3) is 0 Å². The molecule has 0 fully saturated rings. The molecule has 0 aliphatic rings. The Hall–Kier alpha value is -2.21. The second kappa shape index (κ2) is 11.1. The third-order valence-electron chi connectivity index (χ3n) is 4.48. The van der Waals surface area contributed by atoms with Crippen molar-refractivity contribution in [1.29, 1.82) is 0 Å². The second-order valence-corrected chi connectivity index (χ2v) is 11.0. The molecule has 11 heteroatoms. The Labute approximate surface area is 200 Å². The first-order valence-electron chi connectivity index (χ1n) is 9.84. The van der Waals surface area contributed by atoms with Crippen molar-refractivity contribution in [3.63, 3.8) is 0 Å². The number of nitrogens with zero attached hydrogens (tertiary/aromatic N) is 3. The number of sulfonamides is 1. The van der Waals surface area contributed by atoms with E-state index in [1.807, 2.05) is 38.1 Å². The lowest BCUT2D eigenvalue weighted by Crippen LogP contribution is -2.40. The van der Waals surface area contributed by atoms with E-state index in [9.17, 15) is 13.2 Å². The summed E-state index contributed by atoms with van der Waals surface area (Å²) < 4.78 is 28.7. The third kappa shape index (κ3) is 6.89. The Kier molecular flexibility index (Phi) is 8.46. The number of aryl methyl sites for hydroxylation is 2. The first kappa shape index (κ1) is 24.4. The first-order valence-corrected chi connectivity index (χ1v) is 13.1. The predicted molar refractivity (Wildman–Crippen MR) is 128 cm³/mol. The van der Waals surface area contributed by atoms with Crippen molar-refractivity contribution in [3.8, 4) is 0 Å². The molecule has 0 saturated heterocycles. The molecule has 0 saturated carbocycles. The molecule has 1 amide bonds. The highest BCUT2D eigenvalue weighted by Crippen LogP contribution is 2.20. The average Bonchev–Trinajstić information content (AvgIpc) is 3.17. The smallest absolute Gasteiger partial charge is 0.243 e. The van der Waals surface area contributed by atoms with Gasteiger partial charge in [-0.2, -0.15) is 4.31 Å². The topological polar surface area (TPSA) is 108 Å². The number of amides is 1. The summed E-state index contributed by atoms with van der Waals surface area (Å²) in [5.41, 5.74) is 1.74. The normalized spacial score (nSPS) is 11.6. The highest BCUT2D eigenvalue weighted by atomic mass is 79.9. The summed E-state index contributed by atoms with van der Waals surface area (Å²) >= 11 is 4.78. The zero-order valence-electron chi connectivity index (χ0n) is 17.7. The number of carbonyl (C=O) groups is 1. The summed E-state index contributed by atoms with van der Waals surface area (Å²) in [6, 6.07) is 13.9. The van der Waals surface area contributed by atoms with Crippen molar-refractivity contribution < 1.29 is 13.2 Å². The number of carbonyl (C=O) groups excluding carboxylic acids is 1. The number of halogens is 1. The molecule has 2 N–H and O–H groups in total. The molecule has 0 spiro atoms. The number of nitrogens with one attached hydrogen (secondary N) is 2. The molecular formula is C21H24BrN5O3S2. The summed E-state index contributed by atoms with van der Waals surface area (Å²) in [6.07, 6.45) is 0. The van der Waals surface area contributed by atoms with Gasteiger partial charge >= 0.3 is 0 Å². The summed E-state index contributed by atoms with van der Waals surface area (Å²) in [5, 5.41) is 10.2. The van der Waals surface area contributed by atoms with Gasteiger partial charge in [-0.15, -0.1) is 5.10 Å². The molecule has 0 aliphatic heterocycles. The number of thioether (sulfide) groups is 1. The van der Waals surface area contributed by atoms with Crippen LogP contribution >= 0.6 is 27.7 Å². The zero-order chi connectivity index (χ0) is 23.1. The molecule has 170 valence electrons. The highest BCUT2D eigenvalue weighted by Gasteiger charge is 2.26. The first-order chi connectivity index (χ1) is 15.2. The summed E-state index contributed by atoms with van der Waals surface area (Å²) in [4.78, 5) is 16.9. The average molecular weight is 538 g/mol. The second-order valence-electron chi connectivity index (χ2n) is 7.11. The summed E-state index contributed by atoms with van der Waals surface area (Å²) in [5.74, 6) is 0.923. The Morgan fingerprint density at radius 3 is 2.44 bits per heavy atom. The van der Waals surface area contributed by atoms with Crippen molar-refractivity contribution in [2.24, 2.45) is 0 Å². The van der Waals surface area contributed by atoms with Crippen LogP contribution in [0.5, 0.6) is 0 Å². The molecule has 0 atom stereocenters. The van der Waals surface area contributed by atoms with Gasteiger partial charge in [0, 0.05) is 23.3 Å². The minimum absolute atomic E-state index is 0.0854. The molecule has 2 aromatic carbocycles. The maximum Gasteiger partial charge on any atom is 0.243 e. The SMILES string of the molecule is Cc1ccc(S(=O)(=O)N(CC(=O)NCCSc2n[nH]c(C)n2)Cc2ccc(Br)cc2)cc1. The lowest BCUT2D eigenvalue weighted by molar-refractivity contribution is -0.121. The minimum Gasteiger partial charge on any atom is -0.354 e. The van der Waals surface area contributed by atoms with Gasteiger partial charge in [0.2, 0.25) is 21.1 Å². The van der Waals surface area contributed by atoms with Gasteiger partial charge in [0.1, 0.15) is 5.82 Å². The molecule has 0 aliphatic carbocycles. The maximum absolute atomic E-state index is 13.3. The van der Waals surface area contributed by atoms with E-state index in [1.54, 1.807) is 24.3 Å². The van der Waals surface area contributed by atoms with Crippen LogP contribution in [0.1, 0.15) is 17.0 Å². The Balaban J connectivity index is 1.67. The number of aromatic nitrogens is 3. The molecule has 32 heavy (non-hydrogen) atoms.